The third-order valence-corrected chi connectivity index (χ3v) is 2.90. The normalized spacial score (nSPS) is 19.5. The number of hydrogen-bond acceptors (Lipinski definition) is 3. The van der Waals surface area contributed by atoms with Gasteiger partial charge in [0.25, 0.3) is 0 Å². The van der Waals surface area contributed by atoms with Gasteiger partial charge in [-0.25, -0.2) is 4.79 Å². The fraction of sp³-hybridized carbons (Fsp3) is 0.917. The highest BCUT2D eigenvalue weighted by molar-refractivity contribution is 5.67. The molecule has 16 heavy (non-hydrogen) atoms. The molecule has 1 saturated heterocycles. The summed E-state index contributed by atoms with van der Waals surface area (Å²) in [6.45, 7) is 8.85. The highest BCUT2D eigenvalue weighted by atomic mass is 16.6. The number of nitrogens with one attached hydrogen (secondary N) is 1. The van der Waals surface area contributed by atoms with Crippen molar-refractivity contribution >= 4 is 6.09 Å². The first kappa shape index (κ1) is 13.3. The summed E-state index contributed by atoms with van der Waals surface area (Å²) in [6.07, 6.45) is 3.54. The van der Waals surface area contributed by atoms with E-state index in [9.17, 15) is 4.79 Å². The molecule has 1 amide bonds. The van der Waals surface area contributed by atoms with Crippen LogP contribution in [0.15, 0.2) is 0 Å². The highest BCUT2D eigenvalue weighted by Crippen LogP contribution is 2.11. The van der Waals surface area contributed by atoms with Crippen LogP contribution in [-0.4, -0.2) is 42.8 Å². The van der Waals surface area contributed by atoms with E-state index in [4.69, 9.17) is 4.74 Å². The highest BCUT2D eigenvalue weighted by Gasteiger charge is 2.17. The summed E-state index contributed by atoms with van der Waals surface area (Å²) in [5, 5.41) is 2.81. The number of nitrogens with zero attached hydrogens (tertiary/aromatic N) is 1. The Balaban J connectivity index is 2.18. The minimum atomic E-state index is -0.307. The molecule has 1 aliphatic rings. The quantitative estimate of drug-likeness (QED) is 0.800. The zero-order valence-corrected chi connectivity index (χ0v) is 10.7. The third kappa shape index (κ3) is 4.84. The Morgan fingerprint density at radius 3 is 2.44 bits per heavy atom. The van der Waals surface area contributed by atoms with Crippen LogP contribution in [0, 0.1) is 0 Å². The van der Waals surface area contributed by atoms with Gasteiger partial charge in [-0.2, -0.15) is 0 Å². The molecule has 0 spiro atoms. The zero-order chi connectivity index (χ0) is 12.0. The lowest BCUT2D eigenvalue weighted by molar-refractivity contribution is 0.109. The molecule has 1 unspecified atom stereocenters. The second kappa shape index (κ2) is 6.74. The number of carbonyl (C=O) groups is 1. The van der Waals surface area contributed by atoms with E-state index in [0.29, 0.717) is 12.6 Å². The van der Waals surface area contributed by atoms with Crippen LogP contribution in [0.4, 0.5) is 4.79 Å². The first-order valence-corrected chi connectivity index (χ1v) is 6.28. The molecule has 0 aliphatic carbocycles. The average molecular weight is 228 g/mol. The Morgan fingerprint density at radius 1 is 1.25 bits per heavy atom. The predicted molar refractivity (Wildman–Crippen MR) is 64.5 cm³/mol. The summed E-state index contributed by atoms with van der Waals surface area (Å²) >= 11 is 0. The van der Waals surface area contributed by atoms with Crippen LogP contribution in [0.2, 0.25) is 0 Å². The smallest absolute Gasteiger partial charge is 0.407 e. The number of likely N-dealkylation sites (tertiary alicyclic amines) is 1. The van der Waals surface area contributed by atoms with Gasteiger partial charge >= 0.3 is 6.09 Å². The molecular weight excluding hydrogens is 204 g/mol. The van der Waals surface area contributed by atoms with E-state index < -0.39 is 0 Å². The number of amides is 1. The lowest BCUT2D eigenvalue weighted by atomic mass is 10.1. The van der Waals surface area contributed by atoms with Gasteiger partial charge in [-0.3, -0.25) is 4.90 Å². The molecule has 0 saturated carbocycles. The minimum absolute atomic E-state index is 0.0507. The second-order valence-electron chi connectivity index (χ2n) is 4.78. The van der Waals surface area contributed by atoms with Crippen LogP contribution in [0.5, 0.6) is 0 Å². The van der Waals surface area contributed by atoms with Crippen LogP contribution in [0.25, 0.3) is 0 Å². The van der Waals surface area contributed by atoms with Crippen molar-refractivity contribution in [3.8, 4) is 0 Å². The summed E-state index contributed by atoms with van der Waals surface area (Å²) < 4.78 is 5.02. The Bertz CT molecular complexity index is 213. The molecule has 1 atom stereocenters. The molecule has 0 radical (unpaired) electrons. The molecule has 1 N–H and O–H groups in total. The van der Waals surface area contributed by atoms with Crippen molar-refractivity contribution in [1.29, 1.82) is 0 Å². The van der Waals surface area contributed by atoms with Gasteiger partial charge in [-0.15, -0.1) is 0 Å². The van der Waals surface area contributed by atoms with Crippen molar-refractivity contribution in [3.05, 3.63) is 0 Å². The van der Waals surface area contributed by atoms with Crippen LogP contribution < -0.4 is 5.32 Å². The largest absolute Gasteiger partial charge is 0.447 e. The molecule has 1 fully saturated rings. The number of hydrogen-bond donors (Lipinski definition) is 1. The molecule has 4 heteroatoms. The van der Waals surface area contributed by atoms with E-state index in [0.717, 1.165) is 13.1 Å². The van der Waals surface area contributed by atoms with Gasteiger partial charge in [-0.1, -0.05) is 6.42 Å². The monoisotopic (exact) mass is 228 g/mol. The van der Waals surface area contributed by atoms with E-state index in [1.165, 1.54) is 19.3 Å². The van der Waals surface area contributed by atoms with Crippen molar-refractivity contribution in [3.63, 3.8) is 0 Å². The maximum atomic E-state index is 11.3. The lowest BCUT2D eigenvalue weighted by Gasteiger charge is -2.32. The predicted octanol–water partition coefficient (Wildman–Crippen LogP) is 2.00. The van der Waals surface area contributed by atoms with Gasteiger partial charge in [0.15, 0.2) is 0 Å². The summed E-state index contributed by atoms with van der Waals surface area (Å²) in [7, 11) is 0. The SMILES string of the molecule is CC(C)OC(=O)NCC(C)N1CCCCC1. The molecule has 0 aromatic carbocycles. The van der Waals surface area contributed by atoms with Gasteiger partial charge in [0, 0.05) is 12.6 Å². The zero-order valence-electron chi connectivity index (χ0n) is 10.7. The maximum absolute atomic E-state index is 11.3. The molecule has 1 rings (SSSR count). The Morgan fingerprint density at radius 2 is 1.88 bits per heavy atom. The minimum Gasteiger partial charge on any atom is -0.447 e. The number of alkyl carbamates (subject to hydrolysis) is 1. The first-order chi connectivity index (χ1) is 7.59. The van der Waals surface area contributed by atoms with Gasteiger partial charge in [0.05, 0.1) is 6.10 Å². The first-order valence-electron chi connectivity index (χ1n) is 6.28. The average Bonchev–Trinajstić information content (AvgIpc) is 2.26. The van der Waals surface area contributed by atoms with Gasteiger partial charge in [-0.05, 0) is 46.7 Å². The molecule has 1 heterocycles. The summed E-state index contributed by atoms with van der Waals surface area (Å²) in [5.74, 6) is 0. The van der Waals surface area contributed by atoms with Crippen molar-refractivity contribution in [2.45, 2.75) is 52.2 Å². The van der Waals surface area contributed by atoms with Crippen molar-refractivity contribution < 1.29 is 9.53 Å². The van der Waals surface area contributed by atoms with Gasteiger partial charge in [0.2, 0.25) is 0 Å². The Labute approximate surface area is 98.3 Å². The maximum Gasteiger partial charge on any atom is 0.407 e. The summed E-state index contributed by atoms with van der Waals surface area (Å²) in [4.78, 5) is 13.7. The summed E-state index contributed by atoms with van der Waals surface area (Å²) in [6, 6.07) is 0.403. The molecule has 94 valence electrons. The fourth-order valence-corrected chi connectivity index (χ4v) is 1.98. The second-order valence-corrected chi connectivity index (χ2v) is 4.78. The molecular formula is C12H24N2O2. The number of carbonyl (C=O) groups excluding carboxylic acids is 1. The van der Waals surface area contributed by atoms with Crippen LogP contribution in [0.1, 0.15) is 40.0 Å². The van der Waals surface area contributed by atoms with Gasteiger partial charge < -0.3 is 10.1 Å². The molecule has 0 aromatic heterocycles. The summed E-state index contributed by atoms with van der Waals surface area (Å²) in [5.41, 5.74) is 0. The van der Waals surface area contributed by atoms with E-state index in [-0.39, 0.29) is 12.2 Å². The van der Waals surface area contributed by atoms with E-state index in [1.54, 1.807) is 0 Å². The van der Waals surface area contributed by atoms with E-state index in [2.05, 4.69) is 17.1 Å². The van der Waals surface area contributed by atoms with Crippen molar-refractivity contribution in [1.82, 2.24) is 10.2 Å². The van der Waals surface area contributed by atoms with E-state index >= 15 is 0 Å². The van der Waals surface area contributed by atoms with E-state index in [1.807, 2.05) is 13.8 Å². The van der Waals surface area contributed by atoms with Crippen LogP contribution >= 0.6 is 0 Å². The van der Waals surface area contributed by atoms with Crippen LogP contribution in [-0.2, 0) is 4.74 Å². The molecule has 4 nitrogen and oxygen atoms in total. The fourth-order valence-electron chi connectivity index (χ4n) is 1.98. The lowest BCUT2D eigenvalue weighted by Crippen LogP contribution is -2.44. The Kier molecular flexibility index (Phi) is 5.60. The van der Waals surface area contributed by atoms with Crippen LogP contribution in [0.3, 0.4) is 0 Å². The standard InChI is InChI=1S/C12H24N2O2/c1-10(2)16-12(15)13-9-11(3)14-7-5-4-6-8-14/h10-11H,4-9H2,1-3H3,(H,13,15). The topological polar surface area (TPSA) is 41.6 Å². The third-order valence-electron chi connectivity index (χ3n) is 2.90. The number of ether oxygens (including phenoxy) is 1. The van der Waals surface area contributed by atoms with Crippen molar-refractivity contribution in [2.24, 2.45) is 0 Å². The molecule has 1 aliphatic heterocycles. The number of rotatable bonds is 4. The van der Waals surface area contributed by atoms with Crippen molar-refractivity contribution in [2.75, 3.05) is 19.6 Å². The van der Waals surface area contributed by atoms with Gasteiger partial charge in [0.1, 0.15) is 0 Å². The number of piperidine rings is 1. The Hall–Kier alpha value is -0.770. The molecule has 0 aromatic rings. The molecule has 0 bridgehead atoms.